The average molecular weight is 438 g/mol. The van der Waals surface area contributed by atoms with Crippen molar-refractivity contribution in [2.24, 2.45) is 10.9 Å². The highest BCUT2D eigenvalue weighted by Crippen LogP contribution is 2.27. The van der Waals surface area contributed by atoms with Gasteiger partial charge in [0, 0.05) is 44.3 Å². The van der Waals surface area contributed by atoms with Crippen LogP contribution in [-0.4, -0.2) is 54.6 Å². The number of carbonyl (C=O) groups excluding carboxylic acids is 1. The SMILES string of the molecule is CCNC(=NCc1cccc(NC(=O)C(C)CC)c1)N1CCN(c2ccccc2O)CC1. The Bertz CT molecular complexity index is 922. The average Bonchev–Trinajstić information content (AvgIpc) is 2.82. The fourth-order valence-corrected chi connectivity index (χ4v) is 3.68. The number of hydrogen-bond donors (Lipinski definition) is 3. The molecule has 2 aromatic carbocycles. The first-order valence-corrected chi connectivity index (χ1v) is 11.5. The first kappa shape index (κ1) is 23.4. The highest BCUT2D eigenvalue weighted by Gasteiger charge is 2.21. The molecule has 0 bridgehead atoms. The fraction of sp³-hybridized carbons (Fsp3) is 0.440. The molecule has 0 saturated carbocycles. The second kappa shape index (κ2) is 11.4. The number of nitrogens with one attached hydrogen (secondary N) is 2. The van der Waals surface area contributed by atoms with E-state index < -0.39 is 0 Å². The lowest BCUT2D eigenvalue weighted by Gasteiger charge is -2.37. The van der Waals surface area contributed by atoms with Gasteiger partial charge in [-0.25, -0.2) is 4.99 Å². The minimum atomic E-state index is -0.00602. The van der Waals surface area contributed by atoms with E-state index in [2.05, 4.69) is 27.4 Å². The number of phenolic OH excluding ortho intramolecular Hbond substituents is 1. The zero-order chi connectivity index (χ0) is 22.9. The van der Waals surface area contributed by atoms with E-state index in [1.807, 2.05) is 56.3 Å². The zero-order valence-electron chi connectivity index (χ0n) is 19.3. The van der Waals surface area contributed by atoms with Crippen molar-refractivity contribution in [3.05, 3.63) is 54.1 Å². The standard InChI is InChI=1S/C25H35N5O2/c1-4-19(3)24(32)28-21-10-8-9-20(17-21)18-27-25(26-5-2)30-15-13-29(14-16-30)22-11-6-7-12-23(22)31/h6-12,17,19,31H,4-5,13-16,18H2,1-3H3,(H,26,27)(H,28,32). The van der Waals surface area contributed by atoms with Crippen LogP contribution in [0.3, 0.4) is 0 Å². The number of piperazine rings is 1. The highest BCUT2D eigenvalue weighted by atomic mass is 16.3. The van der Waals surface area contributed by atoms with Crippen LogP contribution in [0, 0.1) is 5.92 Å². The third-order valence-electron chi connectivity index (χ3n) is 5.80. The lowest BCUT2D eigenvalue weighted by molar-refractivity contribution is -0.119. The number of aromatic hydroxyl groups is 1. The van der Waals surface area contributed by atoms with E-state index in [9.17, 15) is 9.90 Å². The molecule has 172 valence electrons. The molecule has 1 fully saturated rings. The van der Waals surface area contributed by atoms with Crippen molar-refractivity contribution in [3.8, 4) is 5.75 Å². The van der Waals surface area contributed by atoms with Crippen LogP contribution < -0.4 is 15.5 Å². The molecule has 7 heteroatoms. The van der Waals surface area contributed by atoms with Crippen LogP contribution in [-0.2, 0) is 11.3 Å². The lowest BCUT2D eigenvalue weighted by Crippen LogP contribution is -2.52. The Morgan fingerprint density at radius 3 is 2.53 bits per heavy atom. The summed E-state index contributed by atoms with van der Waals surface area (Å²) in [6.45, 7) is 10.6. The molecule has 0 aliphatic carbocycles. The highest BCUT2D eigenvalue weighted by molar-refractivity contribution is 5.92. The normalized spacial score (nSPS) is 15.4. The van der Waals surface area contributed by atoms with Gasteiger partial charge in [0.05, 0.1) is 12.2 Å². The van der Waals surface area contributed by atoms with Crippen molar-refractivity contribution < 1.29 is 9.90 Å². The second-order valence-electron chi connectivity index (χ2n) is 8.13. The van der Waals surface area contributed by atoms with Crippen molar-refractivity contribution >= 4 is 23.2 Å². The number of carbonyl (C=O) groups is 1. The minimum absolute atomic E-state index is 0.00602. The third-order valence-corrected chi connectivity index (χ3v) is 5.80. The number of hydrogen-bond acceptors (Lipinski definition) is 4. The number of nitrogens with zero attached hydrogens (tertiary/aromatic N) is 3. The largest absolute Gasteiger partial charge is 0.506 e. The van der Waals surface area contributed by atoms with Crippen molar-refractivity contribution in [1.29, 1.82) is 0 Å². The Hall–Kier alpha value is -3.22. The molecule has 0 aromatic heterocycles. The molecule has 0 radical (unpaired) electrons. The van der Waals surface area contributed by atoms with Gasteiger partial charge >= 0.3 is 0 Å². The Kier molecular flexibility index (Phi) is 8.36. The van der Waals surface area contributed by atoms with Crippen LogP contribution in [0.4, 0.5) is 11.4 Å². The van der Waals surface area contributed by atoms with Crippen LogP contribution in [0.5, 0.6) is 5.75 Å². The Balaban J connectivity index is 1.63. The first-order chi connectivity index (χ1) is 15.5. The maximum atomic E-state index is 12.2. The van der Waals surface area contributed by atoms with E-state index in [0.29, 0.717) is 12.3 Å². The van der Waals surface area contributed by atoms with Gasteiger partial charge < -0.3 is 25.5 Å². The van der Waals surface area contributed by atoms with E-state index in [0.717, 1.165) is 62.0 Å². The molecule has 1 atom stereocenters. The maximum Gasteiger partial charge on any atom is 0.227 e. The van der Waals surface area contributed by atoms with Crippen LogP contribution in [0.1, 0.15) is 32.8 Å². The minimum Gasteiger partial charge on any atom is -0.506 e. The molecule has 3 N–H and O–H groups in total. The Morgan fingerprint density at radius 1 is 1.09 bits per heavy atom. The molecule has 2 aromatic rings. The predicted molar refractivity (Wildman–Crippen MR) is 131 cm³/mol. The summed E-state index contributed by atoms with van der Waals surface area (Å²) in [5, 5.41) is 16.5. The summed E-state index contributed by atoms with van der Waals surface area (Å²) in [6.07, 6.45) is 0.818. The summed E-state index contributed by atoms with van der Waals surface area (Å²) >= 11 is 0. The number of benzene rings is 2. The van der Waals surface area contributed by atoms with Gasteiger partial charge in [-0.1, -0.05) is 38.1 Å². The summed E-state index contributed by atoms with van der Waals surface area (Å²) < 4.78 is 0. The third kappa shape index (κ3) is 6.15. The quantitative estimate of drug-likeness (QED) is 0.455. The van der Waals surface area contributed by atoms with Crippen molar-refractivity contribution in [2.75, 3.05) is 42.9 Å². The summed E-state index contributed by atoms with van der Waals surface area (Å²) in [5.74, 6) is 1.25. The van der Waals surface area contributed by atoms with Crippen LogP contribution in [0.2, 0.25) is 0 Å². The first-order valence-electron chi connectivity index (χ1n) is 11.5. The molecule has 1 amide bonds. The smallest absolute Gasteiger partial charge is 0.227 e. The molecule has 1 aliphatic heterocycles. The summed E-state index contributed by atoms with van der Waals surface area (Å²) in [6, 6.07) is 15.4. The van der Waals surface area contributed by atoms with E-state index in [4.69, 9.17) is 4.99 Å². The van der Waals surface area contributed by atoms with Gasteiger partial charge in [-0.05, 0) is 43.2 Å². The molecule has 1 saturated heterocycles. The van der Waals surface area contributed by atoms with Crippen molar-refractivity contribution in [3.63, 3.8) is 0 Å². The van der Waals surface area contributed by atoms with Gasteiger partial charge in [-0.3, -0.25) is 4.79 Å². The number of aliphatic imine (C=N–C) groups is 1. The Morgan fingerprint density at radius 2 is 1.84 bits per heavy atom. The van der Waals surface area contributed by atoms with Gasteiger partial charge in [0.2, 0.25) is 5.91 Å². The lowest BCUT2D eigenvalue weighted by atomic mass is 10.1. The van der Waals surface area contributed by atoms with Gasteiger partial charge in [-0.2, -0.15) is 0 Å². The number of amides is 1. The van der Waals surface area contributed by atoms with E-state index in [-0.39, 0.29) is 11.8 Å². The van der Waals surface area contributed by atoms with E-state index in [1.165, 1.54) is 0 Å². The van der Waals surface area contributed by atoms with Gasteiger partial charge in [-0.15, -0.1) is 0 Å². The van der Waals surface area contributed by atoms with E-state index >= 15 is 0 Å². The van der Waals surface area contributed by atoms with Gasteiger partial charge in [0.25, 0.3) is 0 Å². The van der Waals surface area contributed by atoms with Gasteiger partial charge in [0.1, 0.15) is 5.75 Å². The molecule has 7 nitrogen and oxygen atoms in total. The van der Waals surface area contributed by atoms with Crippen LogP contribution in [0.15, 0.2) is 53.5 Å². The number of para-hydroxylation sites is 2. The number of guanidine groups is 1. The number of anilines is 2. The molecule has 1 heterocycles. The number of rotatable bonds is 7. The molecule has 0 spiro atoms. The Labute approximate surface area is 191 Å². The van der Waals surface area contributed by atoms with Gasteiger partial charge in [0.15, 0.2) is 5.96 Å². The van der Waals surface area contributed by atoms with E-state index in [1.54, 1.807) is 6.07 Å². The molecule has 3 rings (SSSR count). The predicted octanol–water partition coefficient (Wildman–Crippen LogP) is 3.66. The monoisotopic (exact) mass is 437 g/mol. The summed E-state index contributed by atoms with van der Waals surface area (Å²) in [5.41, 5.74) is 2.74. The molecule has 32 heavy (non-hydrogen) atoms. The van der Waals surface area contributed by atoms with Crippen LogP contribution in [0.25, 0.3) is 0 Å². The summed E-state index contributed by atoms with van der Waals surface area (Å²) in [7, 11) is 0. The molecule has 1 aliphatic rings. The topological polar surface area (TPSA) is 80.2 Å². The fourth-order valence-electron chi connectivity index (χ4n) is 3.68. The van der Waals surface area contributed by atoms with Crippen LogP contribution >= 0.6 is 0 Å². The molecular weight excluding hydrogens is 402 g/mol. The maximum absolute atomic E-state index is 12.2. The molecule has 1 unspecified atom stereocenters. The molecular formula is C25H35N5O2. The summed E-state index contributed by atoms with van der Waals surface area (Å²) in [4.78, 5) is 21.5. The zero-order valence-corrected chi connectivity index (χ0v) is 19.3. The van der Waals surface area contributed by atoms with Crippen molar-refractivity contribution in [2.45, 2.75) is 33.7 Å². The number of phenols is 1. The van der Waals surface area contributed by atoms with Crippen molar-refractivity contribution in [1.82, 2.24) is 10.2 Å². The second-order valence-corrected chi connectivity index (χ2v) is 8.13.